The van der Waals surface area contributed by atoms with Crippen LogP contribution < -0.4 is 0 Å². The molecule has 3 nitrogen and oxygen atoms in total. The quantitative estimate of drug-likeness (QED) is 0.451. The Labute approximate surface area is 140 Å². The number of rotatable bonds is 2. The van der Waals surface area contributed by atoms with Crippen molar-refractivity contribution in [1.29, 1.82) is 0 Å². The van der Waals surface area contributed by atoms with Crippen LogP contribution in [0.1, 0.15) is 0 Å². The van der Waals surface area contributed by atoms with Crippen molar-refractivity contribution in [2.24, 2.45) is 0 Å². The monoisotopic (exact) mass is 372 g/mol. The Morgan fingerprint density at radius 1 is 1.05 bits per heavy atom. The lowest BCUT2D eigenvalue weighted by Crippen LogP contribution is -1.88. The average Bonchev–Trinajstić information content (AvgIpc) is 3.17. The van der Waals surface area contributed by atoms with Gasteiger partial charge in [0.05, 0.1) is 5.02 Å². The summed E-state index contributed by atoms with van der Waals surface area (Å²) in [5, 5.41) is 0.662. The number of hydrogen-bond acceptors (Lipinski definition) is 2. The van der Waals surface area contributed by atoms with Crippen LogP contribution in [-0.4, -0.2) is 9.55 Å². The van der Waals surface area contributed by atoms with Crippen molar-refractivity contribution in [3.05, 3.63) is 70.4 Å². The number of fused-ring (bicyclic) bond motifs is 1. The summed E-state index contributed by atoms with van der Waals surface area (Å²) in [6.45, 7) is 0. The molecule has 0 saturated heterocycles. The lowest BCUT2D eigenvalue weighted by atomic mass is 10.2. The van der Waals surface area contributed by atoms with E-state index in [1.807, 2.05) is 65.5 Å². The van der Waals surface area contributed by atoms with E-state index in [0.29, 0.717) is 10.9 Å². The Morgan fingerprint density at radius 2 is 1.86 bits per heavy atom. The first-order valence-electron chi connectivity index (χ1n) is 6.70. The molecule has 0 fully saturated rings. The summed E-state index contributed by atoms with van der Waals surface area (Å²) in [7, 11) is 0. The van der Waals surface area contributed by atoms with Gasteiger partial charge in [-0.3, -0.25) is 0 Å². The molecule has 0 amide bonds. The van der Waals surface area contributed by atoms with E-state index in [0.717, 1.165) is 26.8 Å². The Morgan fingerprint density at radius 3 is 2.64 bits per heavy atom. The van der Waals surface area contributed by atoms with Crippen molar-refractivity contribution in [2.45, 2.75) is 0 Å². The van der Waals surface area contributed by atoms with Crippen molar-refractivity contribution in [1.82, 2.24) is 9.55 Å². The zero-order valence-electron chi connectivity index (χ0n) is 11.3. The van der Waals surface area contributed by atoms with Crippen molar-refractivity contribution < 1.29 is 4.42 Å². The molecule has 0 unspecified atom stereocenters. The standard InChI is InChI=1S/C17H10BrClN2O/c18-13-9-11(3-5-14(13)19)17-20-15-10-12(4-6-16(15)22-17)21-7-1-2-8-21/h1-10H. The molecule has 0 atom stereocenters. The normalized spacial score (nSPS) is 11.2. The summed E-state index contributed by atoms with van der Waals surface area (Å²) in [4.78, 5) is 4.58. The van der Waals surface area contributed by atoms with Gasteiger partial charge in [0, 0.05) is 28.1 Å². The zero-order chi connectivity index (χ0) is 15.1. The van der Waals surface area contributed by atoms with Crippen LogP contribution in [0.3, 0.4) is 0 Å². The maximum Gasteiger partial charge on any atom is 0.227 e. The highest BCUT2D eigenvalue weighted by Gasteiger charge is 2.10. The van der Waals surface area contributed by atoms with E-state index in [4.69, 9.17) is 16.0 Å². The summed E-state index contributed by atoms with van der Waals surface area (Å²) < 4.78 is 8.69. The lowest BCUT2D eigenvalue weighted by Gasteiger charge is -2.00. The molecular weight excluding hydrogens is 364 g/mol. The van der Waals surface area contributed by atoms with Gasteiger partial charge in [-0.25, -0.2) is 4.98 Å². The number of halogens is 2. The lowest BCUT2D eigenvalue weighted by molar-refractivity contribution is 0.620. The molecule has 0 aliphatic rings. The molecule has 0 saturated carbocycles. The third-order valence-electron chi connectivity index (χ3n) is 3.44. The molecule has 0 N–H and O–H groups in total. The predicted molar refractivity (Wildman–Crippen MR) is 91.5 cm³/mol. The fourth-order valence-electron chi connectivity index (χ4n) is 2.34. The largest absolute Gasteiger partial charge is 0.436 e. The average molecular weight is 374 g/mol. The molecule has 4 rings (SSSR count). The van der Waals surface area contributed by atoms with Crippen molar-refractivity contribution in [3.63, 3.8) is 0 Å². The van der Waals surface area contributed by atoms with Gasteiger partial charge in [0.2, 0.25) is 5.89 Å². The maximum atomic E-state index is 6.02. The van der Waals surface area contributed by atoms with Gasteiger partial charge in [-0.05, 0) is 64.5 Å². The summed E-state index contributed by atoms with van der Waals surface area (Å²) in [5.41, 5.74) is 3.52. The van der Waals surface area contributed by atoms with Gasteiger partial charge in [-0.2, -0.15) is 0 Å². The Bertz CT molecular complexity index is 960. The molecule has 4 aromatic rings. The number of nitrogens with zero attached hydrogens (tertiary/aromatic N) is 2. The first-order valence-corrected chi connectivity index (χ1v) is 7.87. The predicted octanol–water partition coefficient (Wildman–Crippen LogP) is 5.70. The van der Waals surface area contributed by atoms with Crippen LogP contribution in [0, 0.1) is 0 Å². The molecular formula is C17H10BrClN2O. The molecule has 0 spiro atoms. The van der Waals surface area contributed by atoms with Crippen LogP contribution in [0.25, 0.3) is 28.2 Å². The molecule has 2 aromatic carbocycles. The number of oxazole rings is 1. The molecule has 0 radical (unpaired) electrons. The molecule has 2 heterocycles. The summed E-state index contributed by atoms with van der Waals surface area (Å²) >= 11 is 9.44. The van der Waals surface area contributed by atoms with Gasteiger partial charge in [0.1, 0.15) is 5.52 Å². The second-order valence-corrected chi connectivity index (χ2v) is 6.15. The molecule has 22 heavy (non-hydrogen) atoms. The zero-order valence-corrected chi connectivity index (χ0v) is 13.7. The van der Waals surface area contributed by atoms with E-state index in [2.05, 4.69) is 20.9 Å². The summed E-state index contributed by atoms with van der Waals surface area (Å²) in [6, 6.07) is 15.5. The van der Waals surface area contributed by atoms with Gasteiger partial charge < -0.3 is 8.98 Å². The van der Waals surface area contributed by atoms with Gasteiger partial charge in [-0.15, -0.1) is 0 Å². The number of benzene rings is 2. The van der Waals surface area contributed by atoms with E-state index in [-0.39, 0.29) is 0 Å². The van der Waals surface area contributed by atoms with E-state index < -0.39 is 0 Å². The van der Waals surface area contributed by atoms with Crippen molar-refractivity contribution in [3.8, 4) is 17.1 Å². The molecule has 108 valence electrons. The molecule has 2 aromatic heterocycles. The van der Waals surface area contributed by atoms with E-state index in [9.17, 15) is 0 Å². The first kappa shape index (κ1) is 13.6. The maximum absolute atomic E-state index is 6.02. The van der Waals surface area contributed by atoms with E-state index in [1.165, 1.54) is 0 Å². The first-order chi connectivity index (χ1) is 10.7. The number of aromatic nitrogens is 2. The van der Waals surface area contributed by atoms with Gasteiger partial charge >= 0.3 is 0 Å². The highest BCUT2D eigenvalue weighted by molar-refractivity contribution is 9.10. The van der Waals surface area contributed by atoms with Crippen LogP contribution in [0.4, 0.5) is 0 Å². The summed E-state index contributed by atoms with van der Waals surface area (Å²) in [6.07, 6.45) is 4.00. The minimum atomic E-state index is 0.581. The Hall–Kier alpha value is -2.04. The minimum absolute atomic E-state index is 0.581. The third kappa shape index (κ3) is 2.34. The van der Waals surface area contributed by atoms with Gasteiger partial charge in [-0.1, -0.05) is 11.6 Å². The fraction of sp³-hybridized carbons (Fsp3) is 0. The molecule has 0 aliphatic carbocycles. The smallest absolute Gasteiger partial charge is 0.227 e. The minimum Gasteiger partial charge on any atom is -0.436 e. The van der Waals surface area contributed by atoms with Crippen LogP contribution in [-0.2, 0) is 0 Å². The summed E-state index contributed by atoms with van der Waals surface area (Å²) in [5.74, 6) is 0.581. The fourth-order valence-corrected chi connectivity index (χ4v) is 2.83. The van der Waals surface area contributed by atoms with Crippen LogP contribution >= 0.6 is 27.5 Å². The second kappa shape index (κ2) is 5.30. The van der Waals surface area contributed by atoms with Crippen LogP contribution in [0.15, 0.2) is 69.8 Å². The van der Waals surface area contributed by atoms with E-state index >= 15 is 0 Å². The third-order valence-corrected chi connectivity index (χ3v) is 4.65. The molecule has 0 bridgehead atoms. The van der Waals surface area contributed by atoms with Crippen molar-refractivity contribution in [2.75, 3.05) is 0 Å². The number of hydrogen-bond donors (Lipinski definition) is 0. The molecule has 5 heteroatoms. The highest BCUT2D eigenvalue weighted by atomic mass is 79.9. The topological polar surface area (TPSA) is 31.0 Å². The SMILES string of the molecule is Clc1ccc(-c2nc3cc(-n4cccc4)ccc3o2)cc1Br. The Kier molecular flexibility index (Phi) is 3.28. The van der Waals surface area contributed by atoms with Gasteiger partial charge in [0.25, 0.3) is 0 Å². The van der Waals surface area contributed by atoms with Crippen molar-refractivity contribution >= 4 is 38.6 Å². The molecule has 0 aliphatic heterocycles. The highest BCUT2D eigenvalue weighted by Crippen LogP contribution is 2.30. The second-order valence-electron chi connectivity index (χ2n) is 4.89. The van der Waals surface area contributed by atoms with E-state index in [1.54, 1.807) is 0 Å². The van der Waals surface area contributed by atoms with Gasteiger partial charge in [0.15, 0.2) is 5.58 Å². The van der Waals surface area contributed by atoms with Crippen LogP contribution in [0.5, 0.6) is 0 Å². The van der Waals surface area contributed by atoms with Crippen LogP contribution in [0.2, 0.25) is 5.02 Å². The Balaban J connectivity index is 1.81.